The lowest BCUT2D eigenvalue weighted by molar-refractivity contribution is -0.119. The summed E-state index contributed by atoms with van der Waals surface area (Å²) in [6, 6.07) is 5.64. The summed E-state index contributed by atoms with van der Waals surface area (Å²) in [5.74, 6) is -0.294. The number of nitrogens with one attached hydrogen (secondary N) is 1. The zero-order chi connectivity index (χ0) is 16.5. The first-order valence-corrected chi connectivity index (χ1v) is 7.77. The van der Waals surface area contributed by atoms with Crippen molar-refractivity contribution in [2.24, 2.45) is 11.7 Å². The Bertz CT molecular complexity index is 475. The Hall–Kier alpha value is -1.43. The molecule has 1 aromatic rings. The molecule has 0 aromatic heterocycles. The van der Waals surface area contributed by atoms with E-state index in [2.05, 4.69) is 5.32 Å². The number of carbonyl (C=O) groups excluding carboxylic acids is 1. The minimum Gasteiger partial charge on any atom is -0.379 e. The molecule has 3 N–H and O–H groups in total. The monoisotopic (exact) mass is 308 g/mol. The van der Waals surface area contributed by atoms with Crippen LogP contribution in [0.3, 0.4) is 0 Å². The lowest BCUT2D eigenvalue weighted by atomic mass is 10.0. The van der Waals surface area contributed by atoms with E-state index in [9.17, 15) is 4.79 Å². The molecule has 5 heteroatoms. The Kier molecular flexibility index (Phi) is 8.09. The van der Waals surface area contributed by atoms with Crippen molar-refractivity contribution in [3.63, 3.8) is 0 Å². The minimum absolute atomic E-state index is 0.0625. The molecule has 22 heavy (non-hydrogen) atoms. The Morgan fingerprint density at radius 1 is 1.27 bits per heavy atom. The van der Waals surface area contributed by atoms with Gasteiger partial charge in [-0.1, -0.05) is 19.1 Å². The molecule has 1 amide bonds. The van der Waals surface area contributed by atoms with Crippen molar-refractivity contribution in [1.82, 2.24) is 0 Å². The molecule has 0 aliphatic heterocycles. The number of carbonyl (C=O) groups is 1. The van der Waals surface area contributed by atoms with Gasteiger partial charge >= 0.3 is 0 Å². The quantitative estimate of drug-likeness (QED) is 0.687. The van der Waals surface area contributed by atoms with Crippen molar-refractivity contribution < 1.29 is 14.3 Å². The third-order valence-electron chi connectivity index (χ3n) is 3.74. The Morgan fingerprint density at radius 3 is 2.59 bits per heavy atom. The normalized spacial score (nSPS) is 13.7. The molecule has 0 saturated heterocycles. The number of anilines is 1. The Labute approximate surface area is 133 Å². The van der Waals surface area contributed by atoms with Crippen LogP contribution >= 0.6 is 0 Å². The van der Waals surface area contributed by atoms with E-state index in [1.165, 1.54) is 0 Å². The second-order valence-electron chi connectivity index (χ2n) is 5.48. The lowest BCUT2D eigenvalue weighted by Gasteiger charge is -2.17. The van der Waals surface area contributed by atoms with Crippen LogP contribution in [-0.2, 0) is 20.9 Å². The van der Waals surface area contributed by atoms with Crippen molar-refractivity contribution in [1.29, 1.82) is 0 Å². The second-order valence-corrected chi connectivity index (χ2v) is 5.48. The van der Waals surface area contributed by atoms with E-state index in [-0.39, 0.29) is 17.9 Å². The van der Waals surface area contributed by atoms with E-state index >= 15 is 0 Å². The van der Waals surface area contributed by atoms with E-state index in [4.69, 9.17) is 15.2 Å². The van der Waals surface area contributed by atoms with Gasteiger partial charge in [0.05, 0.1) is 25.7 Å². The van der Waals surface area contributed by atoms with Gasteiger partial charge in [-0.3, -0.25) is 4.79 Å². The SMILES string of the molecule is CCOCCOCc1cccc(NC(=O)C(C)C(C)N)c1C. The molecule has 5 nitrogen and oxygen atoms in total. The van der Waals surface area contributed by atoms with Crippen LogP contribution in [0.4, 0.5) is 5.69 Å². The summed E-state index contributed by atoms with van der Waals surface area (Å²) in [7, 11) is 0. The molecule has 0 aliphatic carbocycles. The topological polar surface area (TPSA) is 73.6 Å². The summed E-state index contributed by atoms with van der Waals surface area (Å²) in [5.41, 5.74) is 8.66. The highest BCUT2D eigenvalue weighted by atomic mass is 16.5. The largest absolute Gasteiger partial charge is 0.379 e. The molecular weight excluding hydrogens is 280 g/mol. The van der Waals surface area contributed by atoms with Crippen molar-refractivity contribution >= 4 is 11.6 Å². The molecule has 2 unspecified atom stereocenters. The van der Waals surface area contributed by atoms with Crippen molar-refractivity contribution in [2.75, 3.05) is 25.1 Å². The summed E-state index contributed by atoms with van der Waals surface area (Å²) >= 11 is 0. The smallest absolute Gasteiger partial charge is 0.228 e. The van der Waals surface area contributed by atoms with E-state index in [0.29, 0.717) is 26.4 Å². The van der Waals surface area contributed by atoms with Crippen LogP contribution in [0.25, 0.3) is 0 Å². The first-order chi connectivity index (χ1) is 10.5. The summed E-state index contributed by atoms with van der Waals surface area (Å²) < 4.78 is 10.8. The molecule has 0 bridgehead atoms. The third kappa shape index (κ3) is 5.75. The molecule has 0 radical (unpaired) electrons. The molecule has 0 fully saturated rings. The van der Waals surface area contributed by atoms with Gasteiger partial charge in [0.2, 0.25) is 5.91 Å². The first-order valence-electron chi connectivity index (χ1n) is 7.77. The predicted molar refractivity (Wildman–Crippen MR) is 88.8 cm³/mol. The maximum Gasteiger partial charge on any atom is 0.228 e. The van der Waals surface area contributed by atoms with Crippen LogP contribution < -0.4 is 11.1 Å². The van der Waals surface area contributed by atoms with Crippen LogP contribution in [-0.4, -0.2) is 31.8 Å². The molecular formula is C17H28N2O3. The molecule has 2 atom stereocenters. The summed E-state index contributed by atoms with van der Waals surface area (Å²) in [6.45, 7) is 9.96. The lowest BCUT2D eigenvalue weighted by Crippen LogP contribution is -2.34. The van der Waals surface area contributed by atoms with Crippen molar-refractivity contribution in [3.8, 4) is 0 Å². The number of hydrogen-bond acceptors (Lipinski definition) is 4. The third-order valence-corrected chi connectivity index (χ3v) is 3.74. The zero-order valence-corrected chi connectivity index (χ0v) is 14.0. The van der Waals surface area contributed by atoms with Gasteiger partial charge in [-0.15, -0.1) is 0 Å². The van der Waals surface area contributed by atoms with Gasteiger partial charge in [0, 0.05) is 18.3 Å². The average molecular weight is 308 g/mol. The van der Waals surface area contributed by atoms with E-state index in [1.54, 1.807) is 0 Å². The van der Waals surface area contributed by atoms with Crippen molar-refractivity contribution in [3.05, 3.63) is 29.3 Å². The molecule has 1 aromatic carbocycles. The Morgan fingerprint density at radius 2 is 1.95 bits per heavy atom. The summed E-state index contributed by atoms with van der Waals surface area (Å²) in [4.78, 5) is 12.1. The van der Waals surface area contributed by atoms with Crippen LogP contribution in [0.5, 0.6) is 0 Å². The fourth-order valence-corrected chi connectivity index (χ4v) is 1.90. The van der Waals surface area contributed by atoms with Gasteiger partial charge in [-0.25, -0.2) is 0 Å². The molecule has 0 saturated carbocycles. The highest BCUT2D eigenvalue weighted by molar-refractivity contribution is 5.93. The molecule has 0 heterocycles. The van der Waals surface area contributed by atoms with Gasteiger partial charge in [0.15, 0.2) is 0 Å². The number of hydrogen-bond donors (Lipinski definition) is 2. The summed E-state index contributed by atoms with van der Waals surface area (Å²) in [6.07, 6.45) is 0. The van der Waals surface area contributed by atoms with Gasteiger partial charge in [-0.2, -0.15) is 0 Å². The predicted octanol–water partition coefficient (Wildman–Crippen LogP) is 2.47. The van der Waals surface area contributed by atoms with Gasteiger partial charge in [0.1, 0.15) is 0 Å². The van der Waals surface area contributed by atoms with E-state index < -0.39 is 0 Å². The van der Waals surface area contributed by atoms with Crippen molar-refractivity contribution in [2.45, 2.75) is 40.3 Å². The van der Waals surface area contributed by atoms with Crippen LogP contribution in [0.2, 0.25) is 0 Å². The maximum absolute atomic E-state index is 12.1. The fraction of sp³-hybridized carbons (Fsp3) is 0.588. The van der Waals surface area contributed by atoms with E-state index in [1.807, 2.05) is 45.9 Å². The number of ether oxygens (including phenoxy) is 2. The number of benzene rings is 1. The summed E-state index contributed by atoms with van der Waals surface area (Å²) in [5, 5.41) is 2.94. The minimum atomic E-state index is -0.231. The first kappa shape index (κ1) is 18.6. The fourth-order valence-electron chi connectivity index (χ4n) is 1.90. The average Bonchev–Trinajstić information content (AvgIpc) is 2.49. The van der Waals surface area contributed by atoms with Crippen LogP contribution in [0.1, 0.15) is 31.9 Å². The molecule has 0 spiro atoms. The Balaban J connectivity index is 2.62. The zero-order valence-electron chi connectivity index (χ0n) is 14.0. The van der Waals surface area contributed by atoms with Gasteiger partial charge in [-0.05, 0) is 38.0 Å². The highest BCUT2D eigenvalue weighted by Gasteiger charge is 2.18. The second kappa shape index (κ2) is 9.56. The van der Waals surface area contributed by atoms with E-state index in [0.717, 1.165) is 16.8 Å². The number of amides is 1. The maximum atomic E-state index is 12.1. The number of rotatable bonds is 9. The highest BCUT2D eigenvalue weighted by Crippen LogP contribution is 2.20. The standard InChI is InChI=1S/C17H28N2O3/c1-5-21-9-10-22-11-15-7-6-8-16(13(15)3)19-17(20)12(2)14(4)18/h6-8,12,14H,5,9-11,18H2,1-4H3,(H,19,20). The van der Waals surface area contributed by atoms with Gasteiger partial charge in [0.25, 0.3) is 0 Å². The molecule has 1 rings (SSSR count). The number of nitrogens with two attached hydrogens (primary N) is 1. The van der Waals surface area contributed by atoms with Gasteiger partial charge < -0.3 is 20.5 Å². The molecule has 124 valence electrons. The molecule has 0 aliphatic rings. The van der Waals surface area contributed by atoms with Crippen LogP contribution in [0, 0.1) is 12.8 Å². The van der Waals surface area contributed by atoms with Crippen LogP contribution in [0.15, 0.2) is 18.2 Å².